The average Bonchev–Trinajstić information content (AvgIpc) is 2.79. The van der Waals surface area contributed by atoms with Crippen LogP contribution >= 0.6 is 0 Å². The minimum Gasteiger partial charge on any atom is -0.478 e. The van der Waals surface area contributed by atoms with E-state index < -0.39 is 11.9 Å². The van der Waals surface area contributed by atoms with Crippen LogP contribution in [0.4, 0.5) is 0 Å². The lowest BCUT2D eigenvalue weighted by Crippen LogP contribution is -2.20. The number of esters is 1. The molecule has 1 amide bonds. The van der Waals surface area contributed by atoms with E-state index in [-0.39, 0.29) is 12.0 Å². The molecule has 31 heavy (non-hydrogen) atoms. The van der Waals surface area contributed by atoms with Gasteiger partial charge in [0.2, 0.25) is 5.88 Å². The van der Waals surface area contributed by atoms with Gasteiger partial charge in [-0.25, -0.2) is 14.5 Å². The highest BCUT2D eigenvalue weighted by Gasteiger charge is 2.14. The summed E-state index contributed by atoms with van der Waals surface area (Å²) in [5.41, 5.74) is 0.824. The fraction of sp³-hybridized carbons (Fsp3) is 0.500. The minimum absolute atomic E-state index is 0.235. The second-order valence-electron chi connectivity index (χ2n) is 7.32. The second-order valence-corrected chi connectivity index (χ2v) is 7.32. The number of rotatable bonds is 12. The molecule has 1 aromatic carbocycles. The normalized spacial score (nSPS) is 11.4. The maximum atomic E-state index is 12.1. The van der Waals surface area contributed by atoms with Crippen LogP contribution in [0.3, 0.4) is 0 Å². The van der Waals surface area contributed by atoms with Gasteiger partial charge in [-0.15, -0.1) is 0 Å². The highest BCUT2D eigenvalue weighted by Crippen LogP contribution is 2.14. The molecule has 0 bridgehead atoms. The Morgan fingerprint density at radius 1 is 0.935 bits per heavy atom. The van der Waals surface area contributed by atoms with Gasteiger partial charge >= 0.3 is 11.9 Å². The van der Waals surface area contributed by atoms with E-state index in [2.05, 4.69) is 23.9 Å². The Hall–Kier alpha value is -2.96. The minimum atomic E-state index is -0.943. The van der Waals surface area contributed by atoms with Gasteiger partial charge in [-0.05, 0) is 25.0 Å². The first-order chi connectivity index (χ1) is 15.2. The van der Waals surface area contributed by atoms with E-state index in [0.717, 1.165) is 37.8 Å². The lowest BCUT2D eigenvalue weighted by Gasteiger charge is -2.13. The van der Waals surface area contributed by atoms with Gasteiger partial charge in [0.1, 0.15) is 0 Å². The lowest BCUT2D eigenvalue weighted by molar-refractivity contribution is -0.153. The van der Waals surface area contributed by atoms with Gasteiger partial charge in [0.25, 0.3) is 0 Å². The summed E-state index contributed by atoms with van der Waals surface area (Å²) in [6.07, 6.45) is 9.76. The van der Waals surface area contributed by atoms with Crippen molar-refractivity contribution in [1.29, 1.82) is 0 Å². The Kier molecular flexibility index (Phi) is 11.1. The van der Waals surface area contributed by atoms with Gasteiger partial charge in [-0.1, -0.05) is 70.6 Å². The van der Waals surface area contributed by atoms with Crippen LogP contribution in [0.15, 0.2) is 47.6 Å². The maximum absolute atomic E-state index is 12.1. The molecular weight excluding hydrogens is 394 g/mol. The highest BCUT2D eigenvalue weighted by atomic mass is 16.5. The quantitative estimate of drug-likeness (QED) is 0.285. The summed E-state index contributed by atoms with van der Waals surface area (Å²) in [4.78, 5) is 27.9. The van der Waals surface area contributed by atoms with Gasteiger partial charge < -0.3 is 9.47 Å². The van der Waals surface area contributed by atoms with Crippen molar-refractivity contribution in [3.05, 3.63) is 48.0 Å². The molecule has 168 valence electrons. The monoisotopic (exact) mass is 427 g/mol. The van der Waals surface area contributed by atoms with Gasteiger partial charge in [-0.2, -0.15) is 5.10 Å². The molecule has 0 fully saturated rings. The molecule has 2 rings (SSSR count). The van der Waals surface area contributed by atoms with E-state index in [1.54, 1.807) is 10.7 Å². The molecule has 7 nitrogen and oxygen atoms in total. The number of para-hydroxylation sites is 1. The Bertz CT molecular complexity index is 878. The zero-order chi connectivity index (χ0) is 22.3. The van der Waals surface area contributed by atoms with Crippen molar-refractivity contribution in [3.63, 3.8) is 0 Å². The van der Waals surface area contributed by atoms with Crippen LogP contribution in [-0.4, -0.2) is 34.9 Å². The number of aromatic nitrogens is 2. The third-order valence-electron chi connectivity index (χ3n) is 4.67. The molecule has 0 spiro atoms. The summed E-state index contributed by atoms with van der Waals surface area (Å²) >= 11 is 0. The Morgan fingerprint density at radius 3 is 2.39 bits per heavy atom. The Labute approximate surface area is 184 Å². The van der Waals surface area contributed by atoms with Crippen molar-refractivity contribution in [2.24, 2.45) is 4.99 Å². The molecule has 0 aliphatic carbocycles. The van der Waals surface area contributed by atoms with E-state index >= 15 is 0 Å². The molecule has 0 aliphatic rings. The number of hydrogen-bond donors (Lipinski definition) is 0. The number of benzene rings is 1. The zero-order valence-electron chi connectivity index (χ0n) is 18.6. The van der Waals surface area contributed by atoms with E-state index in [4.69, 9.17) is 9.47 Å². The smallest absolute Gasteiger partial charge is 0.399 e. The molecule has 0 atom stereocenters. The summed E-state index contributed by atoms with van der Waals surface area (Å²) in [6, 6.07) is 11.1. The van der Waals surface area contributed by atoms with Crippen LogP contribution in [-0.2, 0) is 14.3 Å². The zero-order valence-corrected chi connectivity index (χ0v) is 18.6. The molecule has 1 heterocycles. The number of amides is 1. The molecule has 0 N–H and O–H groups in total. The van der Waals surface area contributed by atoms with Crippen molar-refractivity contribution >= 4 is 11.9 Å². The first-order valence-electron chi connectivity index (χ1n) is 11.2. The van der Waals surface area contributed by atoms with Crippen LogP contribution in [0.25, 0.3) is 5.69 Å². The van der Waals surface area contributed by atoms with Crippen LogP contribution in [0, 0.1) is 0 Å². The van der Waals surface area contributed by atoms with Crippen LogP contribution in [0.1, 0.15) is 65.2 Å². The van der Waals surface area contributed by atoms with E-state index in [9.17, 15) is 9.59 Å². The van der Waals surface area contributed by atoms with Gasteiger partial charge in [0.05, 0.1) is 30.5 Å². The lowest BCUT2D eigenvalue weighted by atomic mass is 10.1. The first kappa shape index (κ1) is 24.3. The number of carbonyl (C=O) groups is 2. The highest BCUT2D eigenvalue weighted by molar-refractivity contribution is 6.32. The molecule has 0 saturated heterocycles. The second kappa shape index (κ2) is 14.1. The number of unbranched alkanes of at least 4 members (excludes halogenated alkanes) is 6. The number of nitrogens with zero attached hydrogens (tertiary/aromatic N) is 3. The fourth-order valence-corrected chi connectivity index (χ4v) is 2.92. The summed E-state index contributed by atoms with van der Waals surface area (Å²) < 4.78 is 12.5. The van der Waals surface area contributed by atoms with E-state index in [0.29, 0.717) is 12.5 Å². The number of ether oxygens (including phenoxy) is 2. The first-order valence-corrected chi connectivity index (χ1v) is 11.2. The number of hydrogen-bond acceptors (Lipinski definition) is 5. The van der Waals surface area contributed by atoms with Crippen molar-refractivity contribution in [2.75, 3.05) is 13.2 Å². The third kappa shape index (κ3) is 8.74. The van der Waals surface area contributed by atoms with E-state index in [1.807, 2.05) is 30.3 Å². The predicted molar refractivity (Wildman–Crippen MR) is 119 cm³/mol. The molecule has 7 heteroatoms. The van der Waals surface area contributed by atoms with Gasteiger partial charge in [0.15, 0.2) is 0 Å². The van der Waals surface area contributed by atoms with Crippen LogP contribution < -0.4 is 10.1 Å². The maximum Gasteiger partial charge on any atom is 0.399 e. The fourth-order valence-electron chi connectivity index (χ4n) is 2.92. The number of carbonyl (C=O) groups excluding carboxylic acids is 2. The Morgan fingerprint density at radius 2 is 1.65 bits per heavy atom. The SMILES string of the molecule is CCCCCCCCOC(=O)C(=O)N=c1cnn(-c2ccccc2)c(OCCCC)c1. The van der Waals surface area contributed by atoms with Crippen LogP contribution in [0.2, 0.25) is 0 Å². The summed E-state index contributed by atoms with van der Waals surface area (Å²) in [5.74, 6) is -1.43. The molecule has 0 aliphatic heterocycles. The summed E-state index contributed by atoms with van der Waals surface area (Å²) in [6.45, 7) is 5.00. The van der Waals surface area contributed by atoms with Gasteiger partial charge in [0, 0.05) is 6.07 Å². The van der Waals surface area contributed by atoms with E-state index in [1.165, 1.54) is 25.5 Å². The molecule has 0 saturated carbocycles. The molecular formula is C24H33N3O4. The van der Waals surface area contributed by atoms with Crippen molar-refractivity contribution < 1.29 is 19.1 Å². The average molecular weight is 428 g/mol. The Balaban J connectivity index is 2.02. The topological polar surface area (TPSA) is 82.8 Å². The standard InChI is InChI=1S/C24H33N3O4/c1-3-5-7-8-9-13-17-31-24(29)23(28)26-20-18-22(30-16-6-4-2)27(25-19-20)21-14-11-10-12-15-21/h10-12,14-15,18-19H,3-9,13,16-17H2,1-2H3. The molecule has 0 radical (unpaired) electrons. The summed E-state index contributed by atoms with van der Waals surface area (Å²) in [7, 11) is 0. The van der Waals surface area contributed by atoms with Gasteiger partial charge in [-0.3, -0.25) is 4.79 Å². The molecule has 2 aromatic rings. The molecule has 0 unspecified atom stereocenters. The largest absolute Gasteiger partial charge is 0.478 e. The summed E-state index contributed by atoms with van der Waals surface area (Å²) in [5, 5.41) is 4.59. The predicted octanol–water partition coefficient (Wildman–Crippen LogP) is 4.38. The van der Waals surface area contributed by atoms with Crippen LogP contribution in [0.5, 0.6) is 5.88 Å². The van der Waals surface area contributed by atoms with Crippen molar-refractivity contribution in [1.82, 2.24) is 9.78 Å². The third-order valence-corrected chi connectivity index (χ3v) is 4.67. The molecule has 1 aromatic heterocycles. The van der Waals surface area contributed by atoms with Crippen molar-refractivity contribution in [3.8, 4) is 11.6 Å². The van der Waals surface area contributed by atoms with Crippen molar-refractivity contribution in [2.45, 2.75) is 65.2 Å².